The molecule has 2 amide bonds. The average Bonchev–Trinajstić information content (AvgIpc) is 2.67. The van der Waals surface area contributed by atoms with E-state index in [0.29, 0.717) is 18.8 Å². The lowest BCUT2D eigenvalue weighted by molar-refractivity contribution is -0.117. The largest absolute Gasteiger partial charge is 0.497 e. The summed E-state index contributed by atoms with van der Waals surface area (Å²) in [5.74, 6) is 0.765. The molecular formula is C20H22N2O4. The fourth-order valence-electron chi connectivity index (χ4n) is 2.13. The third kappa shape index (κ3) is 6.32. The Bertz CT molecular complexity index is 752. The summed E-state index contributed by atoms with van der Waals surface area (Å²) in [5.41, 5.74) is 1.56. The number of ether oxygens (including phenoxy) is 2. The summed E-state index contributed by atoms with van der Waals surface area (Å²) in [6, 6.07) is 14.4. The lowest BCUT2D eigenvalue weighted by Gasteiger charge is -2.05. The van der Waals surface area contributed by atoms with Gasteiger partial charge >= 0.3 is 0 Å². The van der Waals surface area contributed by atoms with Gasteiger partial charge in [-0.05, 0) is 48.9 Å². The van der Waals surface area contributed by atoms with Crippen molar-refractivity contribution in [3.8, 4) is 11.5 Å². The minimum absolute atomic E-state index is 0.345. The van der Waals surface area contributed by atoms with Gasteiger partial charge in [-0.15, -0.1) is 0 Å². The molecular weight excluding hydrogens is 332 g/mol. The number of amides is 2. The molecule has 0 aliphatic carbocycles. The monoisotopic (exact) mass is 354 g/mol. The summed E-state index contributed by atoms with van der Waals surface area (Å²) in [6.45, 7) is 2.86. The fourth-order valence-corrected chi connectivity index (χ4v) is 2.13. The summed E-state index contributed by atoms with van der Waals surface area (Å²) in [4.78, 5) is 23.6. The third-order valence-electron chi connectivity index (χ3n) is 3.44. The van der Waals surface area contributed by atoms with E-state index in [9.17, 15) is 9.59 Å². The molecule has 0 atom stereocenters. The highest BCUT2D eigenvalue weighted by Gasteiger charge is 2.01. The quantitative estimate of drug-likeness (QED) is 0.715. The van der Waals surface area contributed by atoms with Crippen LogP contribution in [0.4, 0.5) is 5.69 Å². The van der Waals surface area contributed by atoms with Gasteiger partial charge in [0.15, 0.2) is 0 Å². The number of methoxy groups -OCH3 is 1. The second-order valence-electron chi connectivity index (χ2n) is 5.35. The standard InChI is InChI=1S/C20H22N2O4/c1-3-26-18-10-6-16(7-11-18)22-20(24)13-12-19(23)21-14-15-4-8-17(25-2)9-5-15/h4-13H,3,14H2,1-2H3,(H,21,23)(H,22,24)/b13-12+. The molecule has 0 saturated heterocycles. The Hall–Kier alpha value is -3.28. The van der Waals surface area contributed by atoms with Gasteiger partial charge in [0.2, 0.25) is 11.8 Å². The summed E-state index contributed by atoms with van der Waals surface area (Å²) in [5, 5.41) is 5.39. The van der Waals surface area contributed by atoms with E-state index in [1.807, 2.05) is 31.2 Å². The number of carbonyl (C=O) groups excluding carboxylic acids is 2. The van der Waals surface area contributed by atoms with Crippen LogP contribution < -0.4 is 20.1 Å². The first-order valence-electron chi connectivity index (χ1n) is 8.23. The van der Waals surface area contributed by atoms with E-state index >= 15 is 0 Å². The first-order chi connectivity index (χ1) is 12.6. The summed E-state index contributed by atoms with van der Waals surface area (Å²) in [6.07, 6.45) is 2.40. The molecule has 0 aliphatic heterocycles. The van der Waals surface area contributed by atoms with E-state index in [2.05, 4.69) is 10.6 Å². The van der Waals surface area contributed by atoms with Crippen molar-refractivity contribution in [2.75, 3.05) is 19.0 Å². The maximum absolute atomic E-state index is 11.8. The summed E-state index contributed by atoms with van der Waals surface area (Å²) < 4.78 is 10.4. The van der Waals surface area contributed by atoms with Gasteiger partial charge in [-0.2, -0.15) is 0 Å². The fraction of sp³-hybridized carbons (Fsp3) is 0.200. The first-order valence-corrected chi connectivity index (χ1v) is 8.23. The maximum Gasteiger partial charge on any atom is 0.248 e. The van der Waals surface area contributed by atoms with Crippen molar-refractivity contribution in [1.29, 1.82) is 0 Å². The van der Waals surface area contributed by atoms with Crippen molar-refractivity contribution in [1.82, 2.24) is 5.32 Å². The molecule has 136 valence electrons. The zero-order valence-electron chi connectivity index (χ0n) is 14.8. The van der Waals surface area contributed by atoms with Gasteiger partial charge in [-0.25, -0.2) is 0 Å². The Kier molecular flexibility index (Phi) is 7.24. The van der Waals surface area contributed by atoms with E-state index in [1.54, 1.807) is 31.4 Å². The number of carbonyl (C=O) groups is 2. The highest BCUT2D eigenvalue weighted by molar-refractivity contribution is 6.03. The van der Waals surface area contributed by atoms with Crippen LogP contribution in [0.25, 0.3) is 0 Å². The van der Waals surface area contributed by atoms with Crippen molar-refractivity contribution >= 4 is 17.5 Å². The SMILES string of the molecule is CCOc1ccc(NC(=O)/C=C/C(=O)NCc2ccc(OC)cc2)cc1. The maximum atomic E-state index is 11.8. The van der Waals surface area contributed by atoms with Crippen LogP contribution in [0.3, 0.4) is 0 Å². The predicted octanol–water partition coefficient (Wildman–Crippen LogP) is 2.91. The minimum atomic E-state index is -0.381. The van der Waals surface area contributed by atoms with Crippen molar-refractivity contribution in [2.24, 2.45) is 0 Å². The second kappa shape index (κ2) is 9.88. The van der Waals surface area contributed by atoms with Crippen molar-refractivity contribution in [3.63, 3.8) is 0 Å². The highest BCUT2D eigenvalue weighted by Crippen LogP contribution is 2.15. The van der Waals surface area contributed by atoms with Crippen LogP contribution in [0, 0.1) is 0 Å². The number of hydrogen-bond acceptors (Lipinski definition) is 4. The Morgan fingerprint density at radius 1 is 0.923 bits per heavy atom. The molecule has 2 N–H and O–H groups in total. The molecule has 6 heteroatoms. The van der Waals surface area contributed by atoms with Gasteiger partial charge in [0.25, 0.3) is 0 Å². The first kappa shape index (κ1) is 19.1. The number of benzene rings is 2. The van der Waals surface area contributed by atoms with Crippen LogP contribution >= 0.6 is 0 Å². The van der Waals surface area contributed by atoms with Crippen LogP contribution in [0.1, 0.15) is 12.5 Å². The summed E-state index contributed by atoms with van der Waals surface area (Å²) >= 11 is 0. The number of rotatable bonds is 8. The molecule has 0 bridgehead atoms. The van der Waals surface area contributed by atoms with Crippen LogP contribution in [-0.4, -0.2) is 25.5 Å². The Morgan fingerprint density at radius 2 is 1.54 bits per heavy atom. The highest BCUT2D eigenvalue weighted by atomic mass is 16.5. The molecule has 0 spiro atoms. The molecule has 0 fully saturated rings. The molecule has 0 radical (unpaired) electrons. The molecule has 0 saturated carbocycles. The number of nitrogens with one attached hydrogen (secondary N) is 2. The molecule has 0 heterocycles. The van der Waals surface area contributed by atoms with Gasteiger partial charge in [-0.3, -0.25) is 9.59 Å². The normalized spacial score (nSPS) is 10.4. The molecule has 2 rings (SSSR count). The Morgan fingerprint density at radius 3 is 2.15 bits per heavy atom. The van der Waals surface area contributed by atoms with Crippen LogP contribution in [0.5, 0.6) is 11.5 Å². The smallest absolute Gasteiger partial charge is 0.248 e. The van der Waals surface area contributed by atoms with E-state index in [0.717, 1.165) is 17.1 Å². The zero-order chi connectivity index (χ0) is 18.8. The van der Waals surface area contributed by atoms with Gasteiger partial charge < -0.3 is 20.1 Å². The van der Waals surface area contributed by atoms with Crippen molar-refractivity contribution in [2.45, 2.75) is 13.5 Å². The Labute approximate surface area is 152 Å². The van der Waals surface area contributed by atoms with Crippen molar-refractivity contribution in [3.05, 3.63) is 66.2 Å². The van der Waals surface area contributed by atoms with E-state index in [4.69, 9.17) is 9.47 Å². The summed E-state index contributed by atoms with van der Waals surface area (Å²) in [7, 11) is 1.60. The van der Waals surface area contributed by atoms with E-state index < -0.39 is 0 Å². The molecule has 26 heavy (non-hydrogen) atoms. The lowest BCUT2D eigenvalue weighted by atomic mass is 10.2. The molecule has 6 nitrogen and oxygen atoms in total. The second-order valence-corrected chi connectivity index (χ2v) is 5.35. The molecule has 0 aromatic heterocycles. The third-order valence-corrected chi connectivity index (χ3v) is 3.44. The topological polar surface area (TPSA) is 76.7 Å². The van der Waals surface area contributed by atoms with Crippen molar-refractivity contribution < 1.29 is 19.1 Å². The molecule has 0 unspecified atom stereocenters. The number of anilines is 1. The predicted molar refractivity (Wildman–Crippen MR) is 100 cm³/mol. The van der Waals surface area contributed by atoms with Gasteiger partial charge in [-0.1, -0.05) is 12.1 Å². The van der Waals surface area contributed by atoms with Gasteiger partial charge in [0, 0.05) is 24.4 Å². The minimum Gasteiger partial charge on any atom is -0.497 e. The zero-order valence-corrected chi connectivity index (χ0v) is 14.8. The average molecular weight is 354 g/mol. The van der Waals surface area contributed by atoms with Crippen LogP contribution in [0.15, 0.2) is 60.7 Å². The van der Waals surface area contributed by atoms with E-state index in [-0.39, 0.29) is 11.8 Å². The molecule has 2 aromatic rings. The van der Waals surface area contributed by atoms with Gasteiger partial charge in [0.05, 0.1) is 13.7 Å². The van der Waals surface area contributed by atoms with Crippen LogP contribution in [-0.2, 0) is 16.1 Å². The van der Waals surface area contributed by atoms with Crippen LogP contribution in [0.2, 0.25) is 0 Å². The number of hydrogen-bond donors (Lipinski definition) is 2. The Balaban J connectivity index is 1.78. The molecule has 2 aromatic carbocycles. The lowest BCUT2D eigenvalue weighted by Crippen LogP contribution is -2.21. The molecule has 0 aliphatic rings. The van der Waals surface area contributed by atoms with Gasteiger partial charge in [0.1, 0.15) is 11.5 Å². The van der Waals surface area contributed by atoms with E-state index in [1.165, 1.54) is 12.2 Å².